The molecular formula is C10H19NO2. The summed E-state index contributed by atoms with van der Waals surface area (Å²) < 4.78 is 4.83. The molecule has 0 rings (SSSR count). The number of esters is 1. The Kier molecular flexibility index (Phi) is 10.00. The van der Waals surface area contributed by atoms with Gasteiger partial charge in [-0.05, 0) is 21.0 Å². The van der Waals surface area contributed by atoms with Crippen molar-refractivity contribution in [3.63, 3.8) is 0 Å². The first kappa shape index (κ1) is 14.4. The maximum Gasteiger partial charge on any atom is 0.333 e. The number of rotatable bonds is 4. The van der Waals surface area contributed by atoms with Crippen molar-refractivity contribution in [2.45, 2.75) is 6.92 Å². The lowest BCUT2D eigenvalue weighted by molar-refractivity contribution is -0.139. The predicted molar refractivity (Wildman–Crippen MR) is 55.6 cm³/mol. The van der Waals surface area contributed by atoms with E-state index in [0.29, 0.717) is 12.2 Å². The van der Waals surface area contributed by atoms with Gasteiger partial charge in [0.1, 0.15) is 6.61 Å². The predicted octanol–water partition coefficient (Wildman–Crippen LogP) is 1.47. The second kappa shape index (κ2) is 9.00. The zero-order chi connectivity index (χ0) is 10.9. The van der Waals surface area contributed by atoms with E-state index in [4.69, 9.17) is 4.74 Å². The van der Waals surface area contributed by atoms with E-state index in [1.807, 2.05) is 19.0 Å². The lowest BCUT2D eigenvalue weighted by Gasteiger charge is -2.09. The minimum atomic E-state index is -0.313. The van der Waals surface area contributed by atoms with Crippen molar-refractivity contribution in [3.8, 4) is 0 Å². The van der Waals surface area contributed by atoms with Gasteiger partial charge in [0.25, 0.3) is 0 Å². The molecule has 0 radical (unpaired) electrons. The molecule has 0 fully saturated rings. The Morgan fingerprint density at radius 1 is 1.38 bits per heavy atom. The fraction of sp³-hybridized carbons (Fsp3) is 0.500. The zero-order valence-electron chi connectivity index (χ0n) is 8.80. The maximum atomic E-state index is 10.8. The molecule has 0 saturated heterocycles. The van der Waals surface area contributed by atoms with Crippen LogP contribution >= 0.6 is 0 Å². The van der Waals surface area contributed by atoms with Crippen LogP contribution in [0.4, 0.5) is 0 Å². The molecule has 0 aliphatic rings. The van der Waals surface area contributed by atoms with Gasteiger partial charge in [-0.25, -0.2) is 4.79 Å². The Hall–Kier alpha value is -1.09. The van der Waals surface area contributed by atoms with Crippen molar-refractivity contribution in [2.24, 2.45) is 0 Å². The third-order valence-electron chi connectivity index (χ3n) is 1.12. The highest BCUT2D eigenvalue weighted by Gasteiger charge is 2.01. The minimum absolute atomic E-state index is 0.313. The van der Waals surface area contributed by atoms with Gasteiger partial charge in [-0.2, -0.15) is 0 Å². The summed E-state index contributed by atoms with van der Waals surface area (Å²) >= 11 is 0. The lowest BCUT2D eigenvalue weighted by Crippen LogP contribution is -2.20. The zero-order valence-corrected chi connectivity index (χ0v) is 8.80. The summed E-state index contributed by atoms with van der Waals surface area (Å²) in [4.78, 5) is 12.7. The molecule has 0 aliphatic carbocycles. The second-order valence-electron chi connectivity index (χ2n) is 2.72. The summed E-state index contributed by atoms with van der Waals surface area (Å²) in [5.74, 6) is -0.313. The molecule has 0 N–H and O–H groups in total. The number of ether oxygens (including phenoxy) is 1. The van der Waals surface area contributed by atoms with Crippen LogP contribution in [0.2, 0.25) is 0 Å². The van der Waals surface area contributed by atoms with Crippen LogP contribution in [0.15, 0.2) is 25.3 Å². The average molecular weight is 185 g/mol. The lowest BCUT2D eigenvalue weighted by atomic mass is 10.4. The van der Waals surface area contributed by atoms with Crippen LogP contribution in [-0.2, 0) is 9.53 Å². The van der Waals surface area contributed by atoms with Crippen LogP contribution in [0.3, 0.4) is 0 Å². The first-order valence-electron chi connectivity index (χ1n) is 4.01. The van der Waals surface area contributed by atoms with E-state index in [0.717, 1.165) is 6.54 Å². The SMILES string of the molecule is C=C.C=C(C)C(=O)OCCN(C)C. The fourth-order valence-corrected chi connectivity index (χ4v) is 0.444. The third kappa shape index (κ3) is 10.9. The molecule has 0 aliphatic heterocycles. The summed E-state index contributed by atoms with van der Waals surface area (Å²) in [5, 5.41) is 0. The van der Waals surface area contributed by atoms with E-state index in [-0.39, 0.29) is 5.97 Å². The molecule has 0 aromatic heterocycles. The Bertz CT molecular complexity index is 164. The van der Waals surface area contributed by atoms with Crippen molar-refractivity contribution < 1.29 is 9.53 Å². The summed E-state index contributed by atoms with van der Waals surface area (Å²) in [7, 11) is 3.85. The minimum Gasteiger partial charge on any atom is -0.461 e. The molecular weight excluding hydrogens is 166 g/mol. The Morgan fingerprint density at radius 2 is 1.85 bits per heavy atom. The number of hydrogen-bond donors (Lipinski definition) is 0. The van der Waals surface area contributed by atoms with E-state index in [1.165, 1.54) is 0 Å². The number of nitrogens with zero attached hydrogens (tertiary/aromatic N) is 1. The molecule has 0 aromatic rings. The number of likely N-dealkylation sites (N-methyl/N-ethyl adjacent to an activating group) is 1. The smallest absolute Gasteiger partial charge is 0.333 e. The second-order valence-corrected chi connectivity index (χ2v) is 2.72. The van der Waals surface area contributed by atoms with Crippen molar-refractivity contribution >= 4 is 5.97 Å². The van der Waals surface area contributed by atoms with Gasteiger partial charge >= 0.3 is 5.97 Å². The van der Waals surface area contributed by atoms with Crippen molar-refractivity contribution in [2.75, 3.05) is 27.2 Å². The monoisotopic (exact) mass is 185 g/mol. The molecule has 0 unspecified atom stereocenters. The highest BCUT2D eigenvalue weighted by molar-refractivity contribution is 5.86. The Balaban J connectivity index is 0. The molecule has 0 atom stereocenters. The molecule has 0 aromatic carbocycles. The van der Waals surface area contributed by atoms with Crippen LogP contribution in [0, 0.1) is 0 Å². The molecule has 0 spiro atoms. The van der Waals surface area contributed by atoms with Crippen LogP contribution in [0.25, 0.3) is 0 Å². The summed E-state index contributed by atoms with van der Waals surface area (Å²) in [6.45, 7) is 12.3. The quantitative estimate of drug-likeness (QED) is 0.377. The van der Waals surface area contributed by atoms with E-state index in [2.05, 4.69) is 19.7 Å². The van der Waals surface area contributed by atoms with Crippen molar-refractivity contribution in [3.05, 3.63) is 25.3 Å². The van der Waals surface area contributed by atoms with Gasteiger partial charge in [-0.15, -0.1) is 13.2 Å². The van der Waals surface area contributed by atoms with Crippen molar-refractivity contribution in [1.82, 2.24) is 4.90 Å². The summed E-state index contributed by atoms with van der Waals surface area (Å²) in [5.41, 5.74) is 0.448. The third-order valence-corrected chi connectivity index (χ3v) is 1.12. The topological polar surface area (TPSA) is 29.5 Å². The summed E-state index contributed by atoms with van der Waals surface area (Å²) in [6.07, 6.45) is 0. The highest BCUT2D eigenvalue weighted by Crippen LogP contribution is 1.91. The van der Waals surface area contributed by atoms with Gasteiger partial charge in [0.2, 0.25) is 0 Å². The molecule has 0 amide bonds. The molecule has 13 heavy (non-hydrogen) atoms. The molecule has 3 nitrogen and oxygen atoms in total. The number of carbonyl (C=O) groups is 1. The van der Waals surface area contributed by atoms with E-state index in [1.54, 1.807) is 6.92 Å². The molecule has 76 valence electrons. The van der Waals surface area contributed by atoms with Gasteiger partial charge < -0.3 is 9.64 Å². The van der Waals surface area contributed by atoms with E-state index >= 15 is 0 Å². The molecule has 0 heterocycles. The van der Waals surface area contributed by atoms with Gasteiger partial charge in [0.05, 0.1) is 0 Å². The molecule has 0 bridgehead atoms. The van der Waals surface area contributed by atoms with Crippen LogP contribution in [-0.4, -0.2) is 38.1 Å². The van der Waals surface area contributed by atoms with Gasteiger partial charge in [-0.3, -0.25) is 0 Å². The van der Waals surface area contributed by atoms with E-state index < -0.39 is 0 Å². The Morgan fingerprint density at radius 3 is 2.15 bits per heavy atom. The van der Waals surface area contributed by atoms with Gasteiger partial charge in [0.15, 0.2) is 0 Å². The molecule has 3 heteroatoms. The number of carbonyl (C=O) groups excluding carboxylic acids is 1. The van der Waals surface area contributed by atoms with Crippen LogP contribution < -0.4 is 0 Å². The number of hydrogen-bond acceptors (Lipinski definition) is 3. The Labute approximate surface area is 80.7 Å². The van der Waals surface area contributed by atoms with Gasteiger partial charge in [-0.1, -0.05) is 6.58 Å². The highest BCUT2D eigenvalue weighted by atomic mass is 16.5. The first-order chi connectivity index (χ1) is 6.04. The summed E-state index contributed by atoms with van der Waals surface area (Å²) in [6, 6.07) is 0. The van der Waals surface area contributed by atoms with Crippen LogP contribution in [0.5, 0.6) is 0 Å². The standard InChI is InChI=1S/C8H15NO2.C2H4/c1-7(2)8(10)11-6-5-9(3)4;1-2/h1,5-6H2,2-4H3;1-2H2. The molecule has 0 saturated carbocycles. The van der Waals surface area contributed by atoms with Gasteiger partial charge in [0, 0.05) is 12.1 Å². The maximum absolute atomic E-state index is 10.8. The van der Waals surface area contributed by atoms with Crippen molar-refractivity contribution in [1.29, 1.82) is 0 Å². The normalized spacial score (nSPS) is 8.62. The van der Waals surface area contributed by atoms with E-state index in [9.17, 15) is 4.79 Å². The largest absolute Gasteiger partial charge is 0.461 e. The fourth-order valence-electron chi connectivity index (χ4n) is 0.444. The average Bonchev–Trinajstić information content (AvgIpc) is 2.07. The first-order valence-corrected chi connectivity index (χ1v) is 4.01. The van der Waals surface area contributed by atoms with Crippen LogP contribution in [0.1, 0.15) is 6.92 Å².